The summed E-state index contributed by atoms with van der Waals surface area (Å²) in [5.74, 6) is 0. The zero-order valence-corrected chi connectivity index (χ0v) is 15.8. The zero-order valence-electron chi connectivity index (χ0n) is 15.8. The van der Waals surface area contributed by atoms with Gasteiger partial charge in [-0.1, -0.05) is 6.07 Å². The van der Waals surface area contributed by atoms with Crippen LogP contribution in [0.25, 0.3) is 11.3 Å². The Morgan fingerprint density at radius 2 is 1.89 bits per heavy atom. The van der Waals surface area contributed by atoms with Crippen molar-refractivity contribution in [1.29, 1.82) is 0 Å². The van der Waals surface area contributed by atoms with Crippen LogP contribution in [0.5, 0.6) is 0 Å². The lowest BCUT2D eigenvalue weighted by molar-refractivity contribution is -0.384. The van der Waals surface area contributed by atoms with E-state index in [1.54, 1.807) is 39.0 Å². The van der Waals surface area contributed by atoms with Crippen molar-refractivity contribution in [3.63, 3.8) is 0 Å². The Morgan fingerprint density at radius 1 is 1.19 bits per heavy atom. The topological polar surface area (TPSA) is 90.5 Å². The fourth-order valence-corrected chi connectivity index (χ4v) is 3.12. The van der Waals surface area contributed by atoms with Crippen molar-refractivity contribution in [3.8, 4) is 11.3 Å². The molecule has 1 saturated heterocycles. The van der Waals surface area contributed by atoms with Crippen LogP contribution in [0, 0.1) is 10.1 Å². The number of rotatable bonds is 3. The van der Waals surface area contributed by atoms with Gasteiger partial charge in [0.2, 0.25) is 0 Å². The van der Waals surface area contributed by atoms with Crippen LogP contribution < -0.4 is 4.90 Å². The number of benzene rings is 1. The third kappa shape index (κ3) is 4.45. The van der Waals surface area contributed by atoms with Crippen LogP contribution in [0.15, 0.2) is 30.5 Å². The van der Waals surface area contributed by atoms with Crippen molar-refractivity contribution >= 4 is 17.5 Å². The molecular weight excluding hydrogens is 348 g/mol. The van der Waals surface area contributed by atoms with Crippen molar-refractivity contribution in [3.05, 3.63) is 40.6 Å². The summed E-state index contributed by atoms with van der Waals surface area (Å²) in [7, 11) is 0. The smallest absolute Gasteiger partial charge is 0.435 e. The fraction of sp³-hybridized carbons (Fsp3) is 0.474. The van der Waals surface area contributed by atoms with E-state index < -0.39 is 11.7 Å². The highest BCUT2D eigenvalue weighted by molar-refractivity contribution is 5.74. The van der Waals surface area contributed by atoms with Gasteiger partial charge in [-0.15, -0.1) is 0 Å². The molecule has 8 heteroatoms. The van der Waals surface area contributed by atoms with Crippen LogP contribution in [0.1, 0.15) is 40.0 Å². The minimum absolute atomic E-state index is 0.0567. The summed E-state index contributed by atoms with van der Waals surface area (Å²) in [6.07, 6.45) is 4.14. The number of hydrogen-bond donors (Lipinski definition) is 0. The summed E-state index contributed by atoms with van der Waals surface area (Å²) in [5, 5.41) is 15.8. The van der Waals surface area contributed by atoms with E-state index in [0.29, 0.717) is 16.9 Å². The van der Waals surface area contributed by atoms with Crippen molar-refractivity contribution in [2.24, 2.45) is 0 Å². The molecule has 144 valence electrons. The number of anilines is 1. The summed E-state index contributed by atoms with van der Waals surface area (Å²) in [6.45, 7) is 6.98. The first-order valence-electron chi connectivity index (χ1n) is 9.07. The average molecular weight is 372 g/mol. The summed E-state index contributed by atoms with van der Waals surface area (Å²) in [5.41, 5.74) is 1.13. The molecule has 1 aromatic carbocycles. The molecule has 2 aromatic rings. The lowest BCUT2D eigenvalue weighted by atomic mass is 10.1. The maximum absolute atomic E-state index is 12.1. The van der Waals surface area contributed by atoms with Gasteiger partial charge in [-0.05, 0) is 52.2 Å². The Kier molecular flexibility index (Phi) is 5.16. The normalized spacial score (nSPS) is 14.9. The number of piperidine rings is 1. The monoisotopic (exact) mass is 372 g/mol. The number of hydrogen-bond acceptors (Lipinski definition) is 6. The van der Waals surface area contributed by atoms with E-state index in [4.69, 9.17) is 4.74 Å². The Labute approximate surface area is 157 Å². The Hall–Kier alpha value is -2.90. The van der Waals surface area contributed by atoms with Crippen molar-refractivity contribution in [2.45, 2.75) is 45.6 Å². The second-order valence-corrected chi connectivity index (χ2v) is 7.63. The molecule has 0 unspecified atom stereocenters. The molecular formula is C19H24N4O4. The Morgan fingerprint density at radius 3 is 2.52 bits per heavy atom. The number of nitro benzene ring substituents is 1. The first-order valence-corrected chi connectivity index (χ1v) is 9.07. The maximum atomic E-state index is 12.1. The minimum Gasteiger partial charge on any atom is -0.442 e. The van der Waals surface area contributed by atoms with Crippen LogP contribution in [-0.4, -0.2) is 39.5 Å². The van der Waals surface area contributed by atoms with E-state index in [1.165, 1.54) is 12.3 Å². The largest absolute Gasteiger partial charge is 0.442 e. The van der Waals surface area contributed by atoms with Crippen LogP contribution in [0.4, 0.5) is 16.2 Å². The van der Waals surface area contributed by atoms with Gasteiger partial charge < -0.3 is 9.64 Å². The average Bonchev–Trinajstić information content (AvgIpc) is 3.11. The molecule has 0 N–H and O–H groups in total. The summed E-state index contributed by atoms with van der Waals surface area (Å²) < 4.78 is 6.38. The van der Waals surface area contributed by atoms with Crippen molar-refractivity contribution in [1.82, 2.24) is 9.78 Å². The highest BCUT2D eigenvalue weighted by atomic mass is 16.6. The third-order valence-electron chi connectivity index (χ3n) is 4.33. The predicted octanol–water partition coefficient (Wildman–Crippen LogP) is 4.23. The molecule has 1 fully saturated rings. The highest BCUT2D eigenvalue weighted by Gasteiger charge is 2.23. The number of carbonyl (C=O) groups is 1. The number of aromatic nitrogens is 2. The van der Waals surface area contributed by atoms with Crippen molar-refractivity contribution in [2.75, 3.05) is 18.0 Å². The third-order valence-corrected chi connectivity index (χ3v) is 4.33. The first kappa shape index (κ1) is 18.9. The lowest BCUT2D eigenvalue weighted by Gasteiger charge is -2.28. The van der Waals surface area contributed by atoms with E-state index in [2.05, 4.69) is 10.00 Å². The summed E-state index contributed by atoms with van der Waals surface area (Å²) >= 11 is 0. The van der Waals surface area contributed by atoms with Gasteiger partial charge in [-0.2, -0.15) is 9.78 Å². The quantitative estimate of drug-likeness (QED) is 0.591. The van der Waals surface area contributed by atoms with Gasteiger partial charge in [-0.25, -0.2) is 4.79 Å². The van der Waals surface area contributed by atoms with Crippen LogP contribution in [0.2, 0.25) is 0 Å². The van der Waals surface area contributed by atoms with Gasteiger partial charge in [0.05, 0.1) is 10.6 Å². The Balaban J connectivity index is 1.88. The second-order valence-electron chi connectivity index (χ2n) is 7.63. The van der Waals surface area contributed by atoms with E-state index in [1.807, 2.05) is 0 Å². The molecule has 8 nitrogen and oxygen atoms in total. The molecule has 0 radical (unpaired) electrons. The van der Waals surface area contributed by atoms with E-state index in [0.717, 1.165) is 37.0 Å². The van der Waals surface area contributed by atoms with Gasteiger partial charge in [-0.3, -0.25) is 10.1 Å². The fourth-order valence-electron chi connectivity index (χ4n) is 3.12. The van der Waals surface area contributed by atoms with Gasteiger partial charge >= 0.3 is 6.09 Å². The number of nitro groups is 1. The van der Waals surface area contributed by atoms with Crippen molar-refractivity contribution < 1.29 is 14.5 Å². The van der Waals surface area contributed by atoms with Crippen LogP contribution >= 0.6 is 0 Å². The molecule has 0 bridgehead atoms. The van der Waals surface area contributed by atoms with Crippen LogP contribution in [-0.2, 0) is 4.74 Å². The summed E-state index contributed by atoms with van der Waals surface area (Å²) in [6, 6.07) is 6.74. The van der Waals surface area contributed by atoms with E-state index in [9.17, 15) is 14.9 Å². The molecule has 27 heavy (non-hydrogen) atoms. The molecule has 1 aromatic heterocycles. The molecule has 3 rings (SSSR count). The second kappa shape index (κ2) is 7.38. The standard InChI is InChI=1S/C19H24N4O4/c1-19(2,3)27-18(24)22-12-9-15(20-22)14-7-8-16(17(13-14)23(25)26)21-10-5-4-6-11-21/h7-9,12-13H,4-6,10-11H2,1-3H3. The maximum Gasteiger partial charge on any atom is 0.435 e. The molecule has 2 heterocycles. The molecule has 1 aliphatic rings. The number of carbonyl (C=O) groups excluding carboxylic acids is 1. The zero-order chi connectivity index (χ0) is 19.6. The first-order chi connectivity index (χ1) is 12.7. The molecule has 0 atom stereocenters. The van der Waals surface area contributed by atoms with Gasteiger partial charge in [0, 0.05) is 30.9 Å². The highest BCUT2D eigenvalue weighted by Crippen LogP contribution is 2.34. The Bertz CT molecular complexity index is 848. The number of nitrogens with zero attached hydrogens (tertiary/aromatic N) is 4. The molecule has 0 amide bonds. The SMILES string of the molecule is CC(C)(C)OC(=O)n1ccc(-c2ccc(N3CCCCC3)c([N+](=O)[O-])c2)n1. The summed E-state index contributed by atoms with van der Waals surface area (Å²) in [4.78, 5) is 25.4. The van der Waals surface area contributed by atoms with Crippen LogP contribution in [0.3, 0.4) is 0 Å². The molecule has 1 aliphatic heterocycles. The molecule has 0 saturated carbocycles. The van der Waals surface area contributed by atoms with E-state index >= 15 is 0 Å². The molecule has 0 aliphatic carbocycles. The lowest BCUT2D eigenvalue weighted by Crippen LogP contribution is -2.29. The number of ether oxygens (including phenoxy) is 1. The van der Waals surface area contributed by atoms with Gasteiger partial charge in [0.25, 0.3) is 5.69 Å². The van der Waals surface area contributed by atoms with E-state index in [-0.39, 0.29) is 10.6 Å². The van der Waals surface area contributed by atoms with Gasteiger partial charge in [0.1, 0.15) is 11.3 Å². The molecule has 0 spiro atoms. The van der Waals surface area contributed by atoms with Gasteiger partial charge in [0.15, 0.2) is 0 Å². The minimum atomic E-state index is -0.627. The predicted molar refractivity (Wildman–Crippen MR) is 102 cm³/mol.